The van der Waals surface area contributed by atoms with Crippen LogP contribution >= 0.6 is 0 Å². The van der Waals surface area contributed by atoms with Gasteiger partial charge in [-0.3, -0.25) is 9.59 Å². The summed E-state index contributed by atoms with van der Waals surface area (Å²) >= 11 is 0. The molecule has 1 aromatic heterocycles. The molecule has 0 aliphatic carbocycles. The number of hydrogen-bond donors (Lipinski definition) is 0. The van der Waals surface area contributed by atoms with Crippen LogP contribution in [0.1, 0.15) is 39.0 Å². The molecule has 3 rings (SSSR count). The molecule has 2 amide bonds. The van der Waals surface area contributed by atoms with Crippen LogP contribution in [0.4, 0.5) is 0 Å². The van der Waals surface area contributed by atoms with Gasteiger partial charge in [0.05, 0.1) is 18.4 Å². The maximum absolute atomic E-state index is 12.7. The quantitative estimate of drug-likeness (QED) is 0.827. The third kappa shape index (κ3) is 3.00. The third-order valence-corrected chi connectivity index (χ3v) is 4.89. The molecule has 2 fully saturated rings. The van der Waals surface area contributed by atoms with Crippen molar-refractivity contribution in [1.82, 2.24) is 19.4 Å². The molecule has 0 bridgehead atoms. The van der Waals surface area contributed by atoms with E-state index in [2.05, 4.69) is 4.98 Å². The van der Waals surface area contributed by atoms with Crippen molar-refractivity contribution >= 4 is 11.8 Å². The van der Waals surface area contributed by atoms with Crippen LogP contribution in [-0.4, -0.2) is 56.3 Å². The number of aromatic nitrogens is 2. The van der Waals surface area contributed by atoms with Gasteiger partial charge in [-0.15, -0.1) is 0 Å². The van der Waals surface area contributed by atoms with E-state index < -0.39 is 0 Å². The Hall–Kier alpha value is -1.85. The molecule has 0 N–H and O–H groups in total. The molecule has 0 saturated carbocycles. The van der Waals surface area contributed by atoms with Crippen molar-refractivity contribution in [3.8, 4) is 0 Å². The fraction of sp³-hybridized carbons (Fsp3) is 0.688. The summed E-state index contributed by atoms with van der Waals surface area (Å²) in [5.41, 5.74) is 0. The van der Waals surface area contributed by atoms with Gasteiger partial charge in [0.2, 0.25) is 11.8 Å². The predicted molar refractivity (Wildman–Crippen MR) is 82.0 cm³/mol. The lowest BCUT2D eigenvalue weighted by atomic mass is 9.92. The number of fused-ring (bicyclic) bond motifs is 1. The first-order valence-corrected chi connectivity index (χ1v) is 8.19. The highest BCUT2D eigenvalue weighted by Gasteiger charge is 2.39. The Balaban J connectivity index is 1.76. The van der Waals surface area contributed by atoms with Gasteiger partial charge in [-0.05, 0) is 32.1 Å². The maximum atomic E-state index is 12.7. The van der Waals surface area contributed by atoms with E-state index in [4.69, 9.17) is 0 Å². The summed E-state index contributed by atoms with van der Waals surface area (Å²) < 4.78 is 1.81. The Morgan fingerprint density at radius 3 is 2.55 bits per heavy atom. The van der Waals surface area contributed by atoms with Gasteiger partial charge in [0.15, 0.2) is 0 Å². The molecule has 2 aliphatic heterocycles. The SMILES string of the molecule is CC(=O)N1CCCC[C@@H]2[C@H]1CCCN2C(=O)Cn1ccnc1. The van der Waals surface area contributed by atoms with Crippen LogP contribution in [0, 0.1) is 0 Å². The summed E-state index contributed by atoms with van der Waals surface area (Å²) in [6.07, 6.45) is 10.3. The second kappa shape index (κ2) is 6.50. The minimum atomic E-state index is 0.137. The maximum Gasteiger partial charge on any atom is 0.242 e. The lowest BCUT2D eigenvalue weighted by Crippen LogP contribution is -2.57. The molecular weight excluding hydrogens is 280 g/mol. The lowest BCUT2D eigenvalue weighted by molar-refractivity contribution is -0.142. The summed E-state index contributed by atoms with van der Waals surface area (Å²) in [6, 6.07) is 0.372. The number of carbonyl (C=O) groups excluding carboxylic acids is 2. The molecular formula is C16H24N4O2. The smallest absolute Gasteiger partial charge is 0.242 e. The topological polar surface area (TPSA) is 58.4 Å². The average Bonchev–Trinajstić information content (AvgIpc) is 2.90. The molecule has 1 aromatic rings. The first-order valence-electron chi connectivity index (χ1n) is 8.19. The highest BCUT2D eigenvalue weighted by Crippen LogP contribution is 2.29. The first kappa shape index (κ1) is 15.1. The molecule has 0 radical (unpaired) electrons. The molecule has 6 nitrogen and oxygen atoms in total. The highest BCUT2D eigenvalue weighted by atomic mass is 16.2. The van der Waals surface area contributed by atoms with E-state index in [0.717, 1.165) is 45.2 Å². The molecule has 0 spiro atoms. The number of imidazole rings is 1. The van der Waals surface area contributed by atoms with Crippen molar-refractivity contribution in [3.63, 3.8) is 0 Å². The Labute approximate surface area is 131 Å². The minimum absolute atomic E-state index is 0.137. The van der Waals surface area contributed by atoms with E-state index in [1.807, 2.05) is 20.6 Å². The van der Waals surface area contributed by atoms with Gasteiger partial charge >= 0.3 is 0 Å². The van der Waals surface area contributed by atoms with Gasteiger partial charge in [-0.1, -0.05) is 0 Å². The van der Waals surface area contributed by atoms with Gasteiger partial charge in [0.25, 0.3) is 0 Å². The number of piperidine rings is 1. The fourth-order valence-electron chi connectivity index (χ4n) is 3.88. The second-order valence-electron chi connectivity index (χ2n) is 6.31. The largest absolute Gasteiger partial charge is 0.338 e. The summed E-state index contributed by atoms with van der Waals surface area (Å²) in [5, 5.41) is 0. The van der Waals surface area contributed by atoms with Crippen LogP contribution in [-0.2, 0) is 16.1 Å². The molecule has 0 aromatic carbocycles. The number of likely N-dealkylation sites (tertiary alicyclic amines) is 2. The van der Waals surface area contributed by atoms with E-state index in [1.54, 1.807) is 19.4 Å². The zero-order valence-electron chi connectivity index (χ0n) is 13.1. The minimum Gasteiger partial charge on any atom is -0.338 e. The van der Waals surface area contributed by atoms with Gasteiger partial charge in [-0.25, -0.2) is 4.98 Å². The van der Waals surface area contributed by atoms with Crippen LogP contribution in [0.25, 0.3) is 0 Å². The first-order chi connectivity index (χ1) is 10.7. The van der Waals surface area contributed by atoms with Crippen molar-refractivity contribution in [3.05, 3.63) is 18.7 Å². The van der Waals surface area contributed by atoms with Crippen LogP contribution in [0.5, 0.6) is 0 Å². The van der Waals surface area contributed by atoms with Crippen LogP contribution in [0.3, 0.4) is 0 Å². The second-order valence-corrected chi connectivity index (χ2v) is 6.31. The van der Waals surface area contributed by atoms with Crippen molar-refractivity contribution in [2.45, 2.75) is 57.7 Å². The van der Waals surface area contributed by atoms with Crippen molar-refractivity contribution in [2.75, 3.05) is 13.1 Å². The summed E-state index contributed by atoms with van der Waals surface area (Å²) in [5.74, 6) is 0.277. The number of rotatable bonds is 2. The molecule has 22 heavy (non-hydrogen) atoms. The average molecular weight is 304 g/mol. The monoisotopic (exact) mass is 304 g/mol. The standard InChI is InChI=1S/C16H24N4O2/c1-13(21)19-8-3-2-5-15-14(19)6-4-9-20(15)16(22)11-18-10-7-17-12-18/h7,10,12,14-15H,2-6,8-9,11H2,1H3/t14-,15-/m1/s1. The van der Waals surface area contributed by atoms with Crippen LogP contribution in [0.2, 0.25) is 0 Å². The molecule has 0 unspecified atom stereocenters. The normalized spacial score (nSPS) is 25.5. The van der Waals surface area contributed by atoms with E-state index in [1.165, 1.54) is 0 Å². The van der Waals surface area contributed by atoms with E-state index >= 15 is 0 Å². The van der Waals surface area contributed by atoms with Gasteiger partial charge < -0.3 is 14.4 Å². The van der Waals surface area contributed by atoms with Crippen LogP contribution < -0.4 is 0 Å². The summed E-state index contributed by atoms with van der Waals surface area (Å²) in [7, 11) is 0. The third-order valence-electron chi connectivity index (χ3n) is 4.89. The van der Waals surface area contributed by atoms with E-state index in [0.29, 0.717) is 6.54 Å². The Morgan fingerprint density at radius 1 is 1.09 bits per heavy atom. The Kier molecular flexibility index (Phi) is 4.45. The fourth-order valence-corrected chi connectivity index (χ4v) is 3.88. The Bertz CT molecular complexity index is 528. The highest BCUT2D eigenvalue weighted by molar-refractivity contribution is 5.77. The molecule has 6 heteroatoms. The van der Waals surface area contributed by atoms with Gasteiger partial charge in [0, 0.05) is 32.4 Å². The molecule has 2 atom stereocenters. The number of amides is 2. The number of carbonyl (C=O) groups is 2. The van der Waals surface area contributed by atoms with Crippen LogP contribution in [0.15, 0.2) is 18.7 Å². The summed E-state index contributed by atoms with van der Waals surface area (Å²) in [6.45, 7) is 3.62. The zero-order chi connectivity index (χ0) is 15.5. The Morgan fingerprint density at radius 2 is 1.82 bits per heavy atom. The summed E-state index contributed by atoms with van der Waals surface area (Å²) in [4.78, 5) is 32.6. The lowest BCUT2D eigenvalue weighted by Gasteiger charge is -2.44. The van der Waals surface area contributed by atoms with Crippen molar-refractivity contribution in [1.29, 1.82) is 0 Å². The predicted octanol–water partition coefficient (Wildman–Crippen LogP) is 1.28. The molecule has 2 aliphatic rings. The van der Waals surface area contributed by atoms with Crippen molar-refractivity contribution in [2.24, 2.45) is 0 Å². The molecule has 3 heterocycles. The molecule has 2 saturated heterocycles. The van der Waals surface area contributed by atoms with Crippen molar-refractivity contribution < 1.29 is 9.59 Å². The number of nitrogens with zero attached hydrogens (tertiary/aromatic N) is 4. The zero-order valence-corrected chi connectivity index (χ0v) is 13.1. The van der Waals surface area contributed by atoms with Gasteiger partial charge in [-0.2, -0.15) is 0 Å². The number of hydrogen-bond acceptors (Lipinski definition) is 3. The van der Waals surface area contributed by atoms with E-state index in [-0.39, 0.29) is 23.9 Å². The van der Waals surface area contributed by atoms with Gasteiger partial charge in [0.1, 0.15) is 6.54 Å². The molecule has 120 valence electrons. The van der Waals surface area contributed by atoms with E-state index in [9.17, 15) is 9.59 Å².